The lowest BCUT2D eigenvalue weighted by Gasteiger charge is -2.27. The minimum absolute atomic E-state index is 0.138. The Balaban J connectivity index is 1.69. The van der Waals surface area contributed by atoms with Gasteiger partial charge in [-0.1, -0.05) is 6.07 Å². The van der Waals surface area contributed by atoms with Gasteiger partial charge < -0.3 is 15.4 Å². The first kappa shape index (κ1) is 16.0. The molecule has 1 saturated heterocycles. The molecule has 1 amide bonds. The number of hydrogen-bond donors (Lipinski definition) is 2. The van der Waals surface area contributed by atoms with Gasteiger partial charge >= 0.3 is 12.3 Å². The normalized spacial score (nSPS) is 22.2. The van der Waals surface area contributed by atoms with Gasteiger partial charge in [0, 0.05) is 6.04 Å². The number of alkyl halides is 3. The van der Waals surface area contributed by atoms with Crippen LogP contribution < -0.4 is 10.6 Å². The Morgan fingerprint density at radius 1 is 1.39 bits per heavy atom. The van der Waals surface area contributed by atoms with Crippen molar-refractivity contribution < 1.29 is 27.1 Å². The summed E-state index contributed by atoms with van der Waals surface area (Å²) in [6, 6.07) is 2.95. The Morgan fingerprint density at radius 2 is 2.09 bits per heavy atom. The van der Waals surface area contributed by atoms with E-state index in [1.165, 1.54) is 6.07 Å². The van der Waals surface area contributed by atoms with Crippen LogP contribution in [0.2, 0.25) is 0 Å². The third-order valence-electron chi connectivity index (χ3n) is 4.26. The molecule has 126 valence electrons. The summed E-state index contributed by atoms with van der Waals surface area (Å²) < 4.78 is 56.8. The average Bonchev–Trinajstić information content (AvgIpc) is 3.16. The standard InChI is InChI=1S/C15H16F4N2O2/c16-12-2-1-9(7-11(12)15(17,18)19)14(4-5-14)21-13(22)23-8-10-3-6-20-10/h1-2,7,10,20H,3-6,8H2,(H,21,22). The van der Waals surface area contributed by atoms with Gasteiger partial charge in [-0.2, -0.15) is 13.2 Å². The summed E-state index contributed by atoms with van der Waals surface area (Å²) in [7, 11) is 0. The summed E-state index contributed by atoms with van der Waals surface area (Å²) in [4.78, 5) is 11.8. The number of carbonyl (C=O) groups excluding carboxylic acids is 1. The van der Waals surface area contributed by atoms with Gasteiger partial charge in [0.15, 0.2) is 0 Å². The van der Waals surface area contributed by atoms with Crippen molar-refractivity contribution in [2.24, 2.45) is 0 Å². The second kappa shape index (κ2) is 5.67. The lowest BCUT2D eigenvalue weighted by atomic mass is 10.0. The third-order valence-corrected chi connectivity index (χ3v) is 4.26. The second-order valence-corrected chi connectivity index (χ2v) is 5.94. The zero-order valence-corrected chi connectivity index (χ0v) is 12.2. The number of alkyl carbamates (subject to hydrolysis) is 1. The fourth-order valence-corrected chi connectivity index (χ4v) is 2.55. The number of carbonyl (C=O) groups is 1. The van der Waals surface area contributed by atoms with Gasteiger partial charge in [-0.25, -0.2) is 9.18 Å². The van der Waals surface area contributed by atoms with Gasteiger partial charge in [0.05, 0.1) is 11.1 Å². The van der Waals surface area contributed by atoms with Crippen molar-refractivity contribution in [3.8, 4) is 0 Å². The van der Waals surface area contributed by atoms with Crippen molar-refractivity contribution in [1.29, 1.82) is 0 Å². The SMILES string of the molecule is O=C(NC1(c2ccc(F)c(C(F)(F)F)c2)CC1)OCC1CCN1. The number of benzene rings is 1. The predicted molar refractivity (Wildman–Crippen MR) is 73.2 cm³/mol. The van der Waals surface area contributed by atoms with E-state index >= 15 is 0 Å². The minimum Gasteiger partial charge on any atom is -0.448 e. The van der Waals surface area contributed by atoms with Crippen LogP contribution in [-0.4, -0.2) is 25.3 Å². The maximum Gasteiger partial charge on any atom is 0.419 e. The number of nitrogens with one attached hydrogen (secondary N) is 2. The molecule has 2 fully saturated rings. The van der Waals surface area contributed by atoms with E-state index in [2.05, 4.69) is 10.6 Å². The maximum absolute atomic E-state index is 13.4. The first-order valence-electron chi connectivity index (χ1n) is 7.36. The van der Waals surface area contributed by atoms with Crippen LogP contribution in [0.3, 0.4) is 0 Å². The van der Waals surface area contributed by atoms with Crippen molar-refractivity contribution >= 4 is 6.09 Å². The molecule has 0 radical (unpaired) electrons. The summed E-state index contributed by atoms with van der Waals surface area (Å²) in [5.41, 5.74) is -1.97. The highest BCUT2D eigenvalue weighted by molar-refractivity contribution is 5.69. The van der Waals surface area contributed by atoms with Crippen molar-refractivity contribution in [2.75, 3.05) is 13.2 Å². The molecule has 4 nitrogen and oxygen atoms in total. The molecule has 0 spiro atoms. The largest absolute Gasteiger partial charge is 0.448 e. The lowest BCUT2D eigenvalue weighted by Crippen LogP contribution is -2.47. The van der Waals surface area contributed by atoms with Gasteiger partial charge in [0.1, 0.15) is 12.4 Å². The highest BCUT2D eigenvalue weighted by Gasteiger charge is 2.47. The van der Waals surface area contributed by atoms with Gasteiger partial charge in [0.2, 0.25) is 0 Å². The molecule has 1 aromatic carbocycles. The summed E-state index contributed by atoms with van der Waals surface area (Å²) in [6.07, 6.45) is -3.54. The first-order valence-corrected chi connectivity index (χ1v) is 7.36. The van der Waals surface area contributed by atoms with E-state index in [9.17, 15) is 22.4 Å². The van der Waals surface area contributed by atoms with E-state index in [0.29, 0.717) is 12.8 Å². The van der Waals surface area contributed by atoms with Gasteiger partial charge in [-0.05, 0) is 43.5 Å². The Kier molecular flexibility index (Phi) is 3.95. The molecule has 0 bridgehead atoms. The number of amides is 1. The molecular formula is C15H16F4N2O2. The van der Waals surface area contributed by atoms with Crippen molar-refractivity contribution in [3.63, 3.8) is 0 Å². The molecule has 8 heteroatoms. The van der Waals surface area contributed by atoms with Crippen LogP contribution >= 0.6 is 0 Å². The van der Waals surface area contributed by atoms with Crippen LogP contribution in [0.1, 0.15) is 30.4 Å². The molecule has 3 rings (SSSR count). The van der Waals surface area contributed by atoms with Crippen molar-refractivity contribution in [3.05, 3.63) is 35.1 Å². The number of halogens is 4. The van der Waals surface area contributed by atoms with Crippen molar-refractivity contribution in [2.45, 2.75) is 37.0 Å². The summed E-state index contributed by atoms with van der Waals surface area (Å²) in [5.74, 6) is -1.32. The highest BCUT2D eigenvalue weighted by atomic mass is 19.4. The number of ether oxygens (including phenoxy) is 1. The topological polar surface area (TPSA) is 50.4 Å². The summed E-state index contributed by atoms with van der Waals surface area (Å²) in [5, 5.41) is 5.68. The lowest BCUT2D eigenvalue weighted by molar-refractivity contribution is -0.140. The van der Waals surface area contributed by atoms with Crippen LogP contribution in [0.5, 0.6) is 0 Å². The van der Waals surface area contributed by atoms with Gasteiger partial charge in [0.25, 0.3) is 0 Å². The Morgan fingerprint density at radius 3 is 2.61 bits per heavy atom. The maximum atomic E-state index is 13.4. The van der Waals surface area contributed by atoms with E-state index < -0.39 is 29.2 Å². The smallest absolute Gasteiger partial charge is 0.419 e. The molecule has 1 aliphatic heterocycles. The average molecular weight is 332 g/mol. The highest BCUT2D eigenvalue weighted by Crippen LogP contribution is 2.47. The van der Waals surface area contributed by atoms with Crippen LogP contribution in [-0.2, 0) is 16.5 Å². The van der Waals surface area contributed by atoms with E-state index in [1.54, 1.807) is 0 Å². The molecule has 0 aromatic heterocycles. The quantitative estimate of drug-likeness (QED) is 0.834. The molecule has 1 aliphatic carbocycles. The third kappa shape index (κ3) is 3.41. The Labute approximate surface area is 130 Å². The summed E-state index contributed by atoms with van der Waals surface area (Å²) in [6.45, 7) is 1.11. The van der Waals surface area contributed by atoms with Crippen LogP contribution in [0.15, 0.2) is 18.2 Å². The van der Waals surface area contributed by atoms with Crippen LogP contribution in [0.25, 0.3) is 0 Å². The van der Waals surface area contributed by atoms with Gasteiger partial charge in [-0.3, -0.25) is 0 Å². The molecule has 2 aliphatic rings. The Bertz CT molecular complexity index is 610. The molecular weight excluding hydrogens is 316 g/mol. The van der Waals surface area contributed by atoms with E-state index in [4.69, 9.17) is 4.74 Å². The predicted octanol–water partition coefficient (Wildman–Crippen LogP) is 2.92. The van der Waals surface area contributed by atoms with E-state index in [1.807, 2.05) is 0 Å². The molecule has 1 heterocycles. The fourth-order valence-electron chi connectivity index (χ4n) is 2.55. The van der Waals surface area contributed by atoms with Crippen LogP contribution in [0, 0.1) is 5.82 Å². The van der Waals surface area contributed by atoms with Crippen molar-refractivity contribution in [1.82, 2.24) is 10.6 Å². The zero-order chi connectivity index (χ0) is 16.7. The Hall–Kier alpha value is -1.83. The molecule has 1 aromatic rings. The molecule has 1 saturated carbocycles. The number of hydrogen-bond acceptors (Lipinski definition) is 3. The first-order chi connectivity index (χ1) is 10.8. The summed E-state index contributed by atoms with van der Waals surface area (Å²) >= 11 is 0. The molecule has 1 atom stereocenters. The number of rotatable bonds is 4. The van der Waals surface area contributed by atoms with Gasteiger partial charge in [-0.15, -0.1) is 0 Å². The molecule has 1 unspecified atom stereocenters. The van der Waals surface area contributed by atoms with E-state index in [0.717, 1.165) is 25.1 Å². The molecule has 2 N–H and O–H groups in total. The van der Waals surface area contributed by atoms with Crippen LogP contribution in [0.4, 0.5) is 22.4 Å². The van der Waals surface area contributed by atoms with E-state index in [-0.39, 0.29) is 18.2 Å². The zero-order valence-electron chi connectivity index (χ0n) is 12.2. The second-order valence-electron chi connectivity index (χ2n) is 5.94. The fraction of sp³-hybridized carbons (Fsp3) is 0.533. The monoisotopic (exact) mass is 332 g/mol. The minimum atomic E-state index is -4.77. The molecule has 23 heavy (non-hydrogen) atoms.